The minimum absolute atomic E-state index is 0.103. The molecule has 0 aromatic heterocycles. The summed E-state index contributed by atoms with van der Waals surface area (Å²) in [7, 11) is 0. The summed E-state index contributed by atoms with van der Waals surface area (Å²) in [5, 5.41) is 0. The van der Waals surface area contributed by atoms with E-state index in [0.717, 1.165) is 127 Å². The molecule has 2 fully saturated rings. The smallest absolute Gasteiger partial charge is 0.443 e. The Bertz CT molecular complexity index is 1120. The van der Waals surface area contributed by atoms with Gasteiger partial charge in [-0.25, -0.2) is 29.0 Å². The zero-order valence-electron chi connectivity index (χ0n) is 37.5. The van der Waals surface area contributed by atoms with E-state index < -0.39 is 41.2 Å². The van der Waals surface area contributed by atoms with Crippen molar-refractivity contribution in [2.75, 3.05) is 32.7 Å². The van der Waals surface area contributed by atoms with Crippen molar-refractivity contribution in [2.24, 2.45) is 5.92 Å². The molecule has 0 N–H and O–H groups in total. The van der Waals surface area contributed by atoms with E-state index in [9.17, 15) is 19.2 Å². The number of imide groups is 2. The van der Waals surface area contributed by atoms with Crippen LogP contribution in [0.15, 0.2) is 0 Å². The third-order valence-corrected chi connectivity index (χ3v) is 12.8. The molecule has 1 aliphatic carbocycles. The van der Waals surface area contributed by atoms with Crippen LogP contribution in [0.4, 0.5) is 19.2 Å². The SMILES string of the molecule is CCCCCCCCCN(C(=O)OC(C)(C)CC)C(=O)OC(C)(C)C(C)CCCCCCCCCN(C(=O)OC1(CC)CCCC1)C(=O)O[N+]1(CC)CCCC1. The van der Waals surface area contributed by atoms with Crippen LogP contribution in [0.5, 0.6) is 0 Å². The molecule has 1 aliphatic heterocycles. The molecule has 0 radical (unpaired) electrons. The molecule has 1 heterocycles. The zero-order chi connectivity index (χ0) is 41.7. The molecule has 1 saturated carbocycles. The lowest BCUT2D eigenvalue weighted by Crippen LogP contribution is -2.52. The summed E-state index contributed by atoms with van der Waals surface area (Å²) in [5.41, 5.74) is -1.88. The largest absolute Gasteiger partial charge is 0.473 e. The molecule has 0 spiro atoms. The molecule has 2 rings (SSSR count). The summed E-state index contributed by atoms with van der Waals surface area (Å²) >= 11 is 0. The van der Waals surface area contributed by atoms with Gasteiger partial charge in [-0.2, -0.15) is 0 Å². The fourth-order valence-electron chi connectivity index (χ4n) is 7.82. The average molecular weight is 795 g/mol. The molecule has 4 amide bonds. The molecule has 11 nitrogen and oxygen atoms in total. The van der Waals surface area contributed by atoms with E-state index in [1.165, 1.54) is 30.6 Å². The second kappa shape index (κ2) is 25.0. The van der Waals surface area contributed by atoms with Crippen LogP contribution in [0.1, 0.15) is 210 Å². The monoisotopic (exact) mass is 795 g/mol. The minimum Gasteiger partial charge on any atom is -0.443 e. The third-order valence-electron chi connectivity index (χ3n) is 12.8. The maximum atomic E-state index is 13.5. The fraction of sp³-hybridized carbons (Fsp3) is 0.911. The van der Waals surface area contributed by atoms with Gasteiger partial charge < -0.3 is 14.2 Å². The molecular weight excluding hydrogens is 711 g/mol. The Morgan fingerprint density at radius 1 is 0.625 bits per heavy atom. The van der Waals surface area contributed by atoms with E-state index >= 15 is 0 Å². The lowest BCUT2D eigenvalue weighted by molar-refractivity contribution is -1.08. The number of likely N-dealkylation sites (tertiary alicyclic amines) is 1. The van der Waals surface area contributed by atoms with Crippen molar-refractivity contribution in [3.63, 3.8) is 0 Å². The van der Waals surface area contributed by atoms with Gasteiger partial charge in [0.15, 0.2) is 0 Å². The van der Waals surface area contributed by atoms with Crippen LogP contribution in [0.2, 0.25) is 0 Å². The molecule has 0 bridgehead atoms. The van der Waals surface area contributed by atoms with E-state index in [4.69, 9.17) is 19.0 Å². The summed E-state index contributed by atoms with van der Waals surface area (Å²) in [4.78, 5) is 61.9. The summed E-state index contributed by atoms with van der Waals surface area (Å²) in [5.74, 6) is 0.103. The third kappa shape index (κ3) is 17.1. The van der Waals surface area contributed by atoms with Gasteiger partial charge in [-0.1, -0.05) is 105 Å². The number of hydrogen-bond donors (Lipinski definition) is 0. The van der Waals surface area contributed by atoms with Gasteiger partial charge in [0.05, 0.1) is 0 Å². The molecule has 0 aromatic rings. The Hall–Kier alpha value is -2.56. The second-order valence-corrected chi connectivity index (χ2v) is 18.0. The van der Waals surface area contributed by atoms with E-state index in [-0.39, 0.29) is 10.6 Å². The highest BCUT2D eigenvalue weighted by Crippen LogP contribution is 2.37. The van der Waals surface area contributed by atoms with Gasteiger partial charge >= 0.3 is 24.4 Å². The van der Waals surface area contributed by atoms with Crippen LogP contribution >= 0.6 is 0 Å². The number of rotatable bonds is 26. The summed E-state index contributed by atoms with van der Waals surface area (Å²) in [6.45, 7) is 20.8. The number of unbranched alkanes of at least 4 members (excludes halogenated alkanes) is 12. The second-order valence-electron chi connectivity index (χ2n) is 18.0. The highest BCUT2D eigenvalue weighted by Gasteiger charge is 2.42. The van der Waals surface area contributed by atoms with Gasteiger partial charge in [-0.15, -0.1) is 4.65 Å². The highest BCUT2D eigenvalue weighted by molar-refractivity contribution is 5.88. The fourth-order valence-corrected chi connectivity index (χ4v) is 7.82. The molecule has 1 saturated heterocycles. The van der Waals surface area contributed by atoms with Gasteiger partial charge in [0.2, 0.25) is 0 Å². The van der Waals surface area contributed by atoms with Gasteiger partial charge in [0, 0.05) is 25.9 Å². The van der Waals surface area contributed by atoms with E-state index in [2.05, 4.69) is 20.8 Å². The number of hydrogen-bond acceptors (Lipinski definition) is 8. The molecule has 326 valence electrons. The standard InChI is InChI=1S/C45H84N3O8/c1-10-14-15-16-19-22-27-34-46(39(49)53-43(6,7)11-2)40(50)54-44(8,9)38(5)31-24-21-18-17-20-23-28-35-47(41(51)55-45(12-3)32-25-26-33-45)42(52)56-48(13-4)36-29-30-37-48/h38H,10-37H2,1-9H3/q+1. The van der Waals surface area contributed by atoms with Gasteiger partial charge in [0.1, 0.15) is 36.4 Å². The van der Waals surface area contributed by atoms with Crippen LogP contribution in [0.3, 0.4) is 0 Å². The maximum absolute atomic E-state index is 13.5. The van der Waals surface area contributed by atoms with Crippen molar-refractivity contribution in [1.29, 1.82) is 0 Å². The van der Waals surface area contributed by atoms with Crippen LogP contribution in [-0.2, 0) is 19.0 Å². The quantitative estimate of drug-likeness (QED) is 0.0483. The number of amides is 4. The van der Waals surface area contributed by atoms with Crippen molar-refractivity contribution < 1.29 is 42.9 Å². The number of carbonyl (C=O) groups is 4. The van der Waals surface area contributed by atoms with Gasteiger partial charge in [0.25, 0.3) is 0 Å². The predicted octanol–water partition coefficient (Wildman–Crippen LogP) is 12.9. The highest BCUT2D eigenvalue weighted by atomic mass is 16.8. The molecule has 0 aromatic carbocycles. The zero-order valence-corrected chi connectivity index (χ0v) is 37.5. The van der Waals surface area contributed by atoms with Crippen molar-refractivity contribution in [3.8, 4) is 0 Å². The first kappa shape index (κ1) is 49.6. The number of carbonyl (C=O) groups excluding carboxylic acids is 4. The lowest BCUT2D eigenvalue weighted by Gasteiger charge is -2.34. The Balaban J connectivity index is 1.80. The van der Waals surface area contributed by atoms with E-state index in [0.29, 0.717) is 32.5 Å². The van der Waals surface area contributed by atoms with Crippen LogP contribution in [-0.4, -0.2) is 88.3 Å². The first-order valence-corrected chi connectivity index (χ1v) is 22.9. The summed E-state index contributed by atoms with van der Waals surface area (Å²) < 4.78 is 18.1. The molecule has 1 atom stereocenters. The Kier molecular flexibility index (Phi) is 22.2. The molecule has 2 aliphatic rings. The molecular formula is C45H84N3O8+. The van der Waals surface area contributed by atoms with E-state index in [1.807, 2.05) is 41.5 Å². The predicted molar refractivity (Wildman–Crippen MR) is 223 cm³/mol. The number of ether oxygens (including phenoxy) is 3. The van der Waals surface area contributed by atoms with Crippen LogP contribution in [0.25, 0.3) is 0 Å². The minimum atomic E-state index is -0.744. The van der Waals surface area contributed by atoms with Crippen LogP contribution < -0.4 is 0 Å². The summed E-state index contributed by atoms with van der Waals surface area (Å²) in [6.07, 6.45) is 20.2. The van der Waals surface area contributed by atoms with Crippen molar-refractivity contribution in [1.82, 2.24) is 9.80 Å². The number of hydroxylamine groups is 3. The van der Waals surface area contributed by atoms with Gasteiger partial charge in [-0.3, -0.25) is 4.84 Å². The average Bonchev–Trinajstić information content (AvgIpc) is 3.83. The molecule has 11 heteroatoms. The van der Waals surface area contributed by atoms with Gasteiger partial charge in [-0.05, 0) is 98.3 Å². The maximum Gasteiger partial charge on any atom is 0.473 e. The first-order valence-electron chi connectivity index (χ1n) is 22.9. The number of nitrogens with zero attached hydrogens (tertiary/aromatic N) is 3. The topological polar surface area (TPSA) is 112 Å². The first-order chi connectivity index (χ1) is 26.6. The molecule has 56 heavy (non-hydrogen) atoms. The summed E-state index contributed by atoms with van der Waals surface area (Å²) in [6, 6.07) is 0. The lowest BCUT2D eigenvalue weighted by atomic mass is 9.87. The van der Waals surface area contributed by atoms with Crippen LogP contribution in [0, 0.1) is 5.92 Å². The Labute approximate surface area is 341 Å². The Morgan fingerprint density at radius 3 is 1.61 bits per heavy atom. The van der Waals surface area contributed by atoms with Crippen molar-refractivity contribution >= 4 is 24.4 Å². The normalized spacial score (nSPS) is 16.9. The van der Waals surface area contributed by atoms with E-state index in [1.54, 1.807) is 0 Å². The Morgan fingerprint density at radius 2 is 1.11 bits per heavy atom. The molecule has 1 unspecified atom stereocenters. The number of quaternary nitrogens is 1. The van der Waals surface area contributed by atoms with Crippen molar-refractivity contribution in [2.45, 2.75) is 227 Å². The van der Waals surface area contributed by atoms with Crippen molar-refractivity contribution in [3.05, 3.63) is 0 Å².